The highest BCUT2D eigenvalue weighted by molar-refractivity contribution is 7.89. The lowest BCUT2D eigenvalue weighted by Gasteiger charge is -2.20. The Hall–Kier alpha value is -4.22. The Morgan fingerprint density at radius 2 is 1.65 bits per heavy atom. The summed E-state index contributed by atoms with van der Waals surface area (Å²) in [6.45, 7) is 2.34. The average Bonchev–Trinajstić information content (AvgIpc) is 3.40. The zero-order chi connectivity index (χ0) is 26.4. The predicted octanol–water partition coefficient (Wildman–Crippen LogP) is 4.22. The summed E-state index contributed by atoms with van der Waals surface area (Å²) in [5.41, 5.74) is 1.70. The van der Waals surface area contributed by atoms with Crippen LogP contribution in [-0.2, 0) is 16.6 Å². The lowest BCUT2D eigenvalue weighted by atomic mass is 10.2. The molecule has 0 aliphatic heterocycles. The fourth-order valence-corrected chi connectivity index (χ4v) is 5.05. The second kappa shape index (κ2) is 11.2. The molecule has 0 unspecified atom stereocenters. The van der Waals surface area contributed by atoms with Gasteiger partial charge >= 0.3 is 6.01 Å². The monoisotopic (exact) mass is 522 g/mol. The number of methoxy groups -OCH3 is 2. The van der Waals surface area contributed by atoms with E-state index in [4.69, 9.17) is 13.9 Å². The second-order valence-electron chi connectivity index (χ2n) is 7.88. The first-order chi connectivity index (χ1) is 17.8. The minimum absolute atomic E-state index is 0.0929. The molecule has 0 aliphatic rings. The zero-order valence-electron chi connectivity index (χ0n) is 20.5. The molecule has 0 bridgehead atoms. The smallest absolute Gasteiger partial charge is 0.322 e. The van der Waals surface area contributed by atoms with Crippen molar-refractivity contribution in [3.05, 3.63) is 83.9 Å². The number of anilines is 1. The maximum absolute atomic E-state index is 13.1. The summed E-state index contributed by atoms with van der Waals surface area (Å²) < 4.78 is 43.7. The van der Waals surface area contributed by atoms with Crippen LogP contribution in [0.3, 0.4) is 0 Å². The molecule has 4 aromatic rings. The van der Waals surface area contributed by atoms with E-state index < -0.39 is 15.9 Å². The van der Waals surface area contributed by atoms with Crippen molar-refractivity contribution in [2.75, 3.05) is 26.1 Å². The molecule has 11 heteroatoms. The third kappa shape index (κ3) is 5.79. The van der Waals surface area contributed by atoms with Crippen molar-refractivity contribution in [1.82, 2.24) is 14.5 Å². The van der Waals surface area contributed by atoms with Gasteiger partial charge in [0, 0.05) is 24.2 Å². The molecule has 0 aliphatic carbocycles. The SMILES string of the molecule is CCN(Cc1ccccc1)S(=O)(=O)c1ccc(C(=O)Nc2nnc(-c3ccc(OC)c(OC)c3)o2)cc1. The number of benzene rings is 3. The number of carbonyl (C=O) groups excluding carboxylic acids is 1. The number of aromatic nitrogens is 2. The number of carbonyl (C=O) groups is 1. The van der Waals surface area contributed by atoms with Crippen molar-refractivity contribution in [3.8, 4) is 23.0 Å². The highest BCUT2D eigenvalue weighted by atomic mass is 32.2. The van der Waals surface area contributed by atoms with Crippen molar-refractivity contribution in [2.24, 2.45) is 0 Å². The van der Waals surface area contributed by atoms with E-state index in [9.17, 15) is 13.2 Å². The van der Waals surface area contributed by atoms with E-state index in [0.29, 0.717) is 23.6 Å². The van der Waals surface area contributed by atoms with E-state index in [2.05, 4.69) is 15.5 Å². The van der Waals surface area contributed by atoms with Gasteiger partial charge in [-0.15, -0.1) is 5.10 Å². The van der Waals surface area contributed by atoms with E-state index in [1.54, 1.807) is 25.1 Å². The molecule has 1 amide bonds. The average molecular weight is 523 g/mol. The molecule has 192 valence electrons. The molecular weight excluding hydrogens is 496 g/mol. The van der Waals surface area contributed by atoms with Gasteiger partial charge in [-0.25, -0.2) is 8.42 Å². The van der Waals surface area contributed by atoms with Crippen LogP contribution in [-0.4, -0.2) is 49.6 Å². The number of hydrogen-bond acceptors (Lipinski definition) is 8. The summed E-state index contributed by atoms with van der Waals surface area (Å²) in [5, 5.41) is 10.4. The minimum atomic E-state index is -3.75. The van der Waals surface area contributed by atoms with Crippen molar-refractivity contribution >= 4 is 21.9 Å². The molecule has 1 heterocycles. The Labute approximate surface area is 214 Å². The normalized spacial score (nSPS) is 11.4. The maximum Gasteiger partial charge on any atom is 0.322 e. The van der Waals surface area contributed by atoms with Crippen LogP contribution < -0.4 is 14.8 Å². The van der Waals surface area contributed by atoms with Gasteiger partial charge in [0.2, 0.25) is 15.9 Å². The Balaban J connectivity index is 1.46. The Kier molecular flexibility index (Phi) is 7.85. The molecule has 0 saturated carbocycles. The van der Waals surface area contributed by atoms with Crippen LogP contribution in [0.2, 0.25) is 0 Å². The molecule has 1 aromatic heterocycles. The molecule has 0 fully saturated rings. The van der Waals surface area contributed by atoms with Crippen molar-refractivity contribution < 1.29 is 27.1 Å². The zero-order valence-corrected chi connectivity index (χ0v) is 21.4. The quantitative estimate of drug-likeness (QED) is 0.328. The largest absolute Gasteiger partial charge is 0.493 e. The summed E-state index contributed by atoms with van der Waals surface area (Å²) in [6.07, 6.45) is 0. The molecule has 0 spiro atoms. The van der Waals surface area contributed by atoms with Gasteiger partial charge in [-0.3, -0.25) is 10.1 Å². The second-order valence-corrected chi connectivity index (χ2v) is 9.82. The van der Waals surface area contributed by atoms with Crippen LogP contribution >= 0.6 is 0 Å². The molecule has 0 atom stereocenters. The Morgan fingerprint density at radius 1 is 0.946 bits per heavy atom. The topological polar surface area (TPSA) is 124 Å². The summed E-state index contributed by atoms with van der Waals surface area (Å²) in [6, 6.07) is 20.0. The number of rotatable bonds is 10. The predicted molar refractivity (Wildman–Crippen MR) is 137 cm³/mol. The summed E-state index contributed by atoms with van der Waals surface area (Å²) in [5.74, 6) is 0.690. The first-order valence-corrected chi connectivity index (χ1v) is 12.8. The fourth-order valence-electron chi connectivity index (χ4n) is 3.61. The molecule has 37 heavy (non-hydrogen) atoms. The Morgan fingerprint density at radius 3 is 2.30 bits per heavy atom. The number of sulfonamides is 1. The van der Waals surface area contributed by atoms with E-state index >= 15 is 0 Å². The van der Waals surface area contributed by atoms with Crippen LogP contribution in [0, 0.1) is 0 Å². The molecule has 0 saturated heterocycles. The maximum atomic E-state index is 13.1. The van der Waals surface area contributed by atoms with Crippen molar-refractivity contribution in [3.63, 3.8) is 0 Å². The van der Waals surface area contributed by atoms with Crippen LogP contribution in [0.1, 0.15) is 22.8 Å². The van der Waals surface area contributed by atoms with Gasteiger partial charge in [-0.1, -0.05) is 42.4 Å². The van der Waals surface area contributed by atoms with Gasteiger partial charge in [0.05, 0.1) is 19.1 Å². The first kappa shape index (κ1) is 25.9. The minimum Gasteiger partial charge on any atom is -0.493 e. The first-order valence-electron chi connectivity index (χ1n) is 11.4. The van der Waals surface area contributed by atoms with Crippen molar-refractivity contribution in [2.45, 2.75) is 18.4 Å². The van der Waals surface area contributed by atoms with Crippen molar-refractivity contribution in [1.29, 1.82) is 0 Å². The lowest BCUT2D eigenvalue weighted by Crippen LogP contribution is -2.30. The van der Waals surface area contributed by atoms with Gasteiger partial charge in [0.25, 0.3) is 5.91 Å². The Bertz CT molecular complexity index is 1470. The van der Waals surface area contributed by atoms with Crippen LogP contribution in [0.5, 0.6) is 11.5 Å². The van der Waals surface area contributed by atoms with Crippen LogP contribution in [0.15, 0.2) is 82.1 Å². The van der Waals surface area contributed by atoms with Gasteiger partial charge in [-0.2, -0.15) is 4.31 Å². The number of ether oxygens (including phenoxy) is 2. The highest BCUT2D eigenvalue weighted by Gasteiger charge is 2.24. The lowest BCUT2D eigenvalue weighted by molar-refractivity contribution is 0.102. The molecule has 10 nitrogen and oxygen atoms in total. The standard InChI is InChI=1S/C26H26N4O6S/c1-4-30(17-18-8-6-5-7-9-18)37(32,33)21-13-10-19(11-14-21)24(31)27-26-29-28-25(36-26)20-12-15-22(34-2)23(16-20)35-3/h5-16H,4,17H2,1-3H3,(H,27,29,31). The molecule has 0 radical (unpaired) electrons. The van der Waals surface area contributed by atoms with Gasteiger partial charge in [-0.05, 0) is 48.0 Å². The summed E-state index contributed by atoms with van der Waals surface area (Å²) in [4.78, 5) is 12.8. The fraction of sp³-hybridized carbons (Fsp3) is 0.192. The summed E-state index contributed by atoms with van der Waals surface area (Å²) in [7, 11) is -0.701. The molecular formula is C26H26N4O6S. The third-order valence-electron chi connectivity index (χ3n) is 5.58. The van der Waals surface area contributed by atoms with Gasteiger partial charge in [0.15, 0.2) is 11.5 Å². The van der Waals surface area contributed by atoms with Crippen LogP contribution in [0.25, 0.3) is 11.5 Å². The number of amides is 1. The van der Waals surface area contributed by atoms with Crippen LogP contribution in [0.4, 0.5) is 6.01 Å². The van der Waals surface area contributed by atoms with Gasteiger partial charge < -0.3 is 13.9 Å². The van der Waals surface area contributed by atoms with E-state index in [-0.39, 0.29) is 28.9 Å². The molecule has 4 rings (SSSR count). The molecule has 1 N–H and O–H groups in total. The number of nitrogens with zero attached hydrogens (tertiary/aromatic N) is 3. The van der Waals surface area contributed by atoms with E-state index in [0.717, 1.165) is 5.56 Å². The van der Waals surface area contributed by atoms with E-state index in [1.807, 2.05) is 30.3 Å². The highest BCUT2D eigenvalue weighted by Crippen LogP contribution is 2.32. The number of nitrogens with one attached hydrogen (secondary N) is 1. The summed E-state index contributed by atoms with van der Waals surface area (Å²) >= 11 is 0. The molecule has 3 aromatic carbocycles. The third-order valence-corrected chi connectivity index (χ3v) is 7.52. The van der Waals surface area contributed by atoms with E-state index in [1.165, 1.54) is 42.8 Å². The number of hydrogen-bond donors (Lipinski definition) is 1. The van der Waals surface area contributed by atoms with Gasteiger partial charge in [0.1, 0.15) is 0 Å².